The van der Waals surface area contributed by atoms with Gasteiger partial charge in [-0.25, -0.2) is 0 Å². The molecule has 0 unspecified atom stereocenters. The molecule has 1 aromatic carbocycles. The van der Waals surface area contributed by atoms with Gasteiger partial charge in [-0.1, -0.05) is 0 Å². The molecule has 16 heavy (non-hydrogen) atoms. The molecule has 82 valence electrons. The maximum Gasteiger partial charge on any atom is 0.151 e. The normalized spacial score (nSPS) is 10.1. The monoisotopic (exact) mass is 232 g/mol. The molecule has 0 fully saturated rings. The molecule has 0 atom stereocenters. The minimum absolute atomic E-state index is 0.665. The van der Waals surface area contributed by atoms with Crippen LogP contribution in [0.25, 0.3) is 10.4 Å². The molecule has 0 saturated heterocycles. The lowest BCUT2D eigenvalue weighted by Gasteiger charge is -2.04. The van der Waals surface area contributed by atoms with Gasteiger partial charge in [-0.2, -0.15) is 0 Å². The van der Waals surface area contributed by atoms with Crippen LogP contribution in [0.4, 0.5) is 0 Å². The molecule has 2 rings (SSSR count). The first-order chi connectivity index (χ1) is 7.85. The molecular formula is C13H12O2S. The third-order valence-electron chi connectivity index (χ3n) is 2.25. The lowest BCUT2D eigenvalue weighted by atomic mass is 10.1. The Morgan fingerprint density at radius 1 is 1.25 bits per heavy atom. The number of thiophene rings is 1. The standard InChI is InChI=1S/C13H12O2S/c1-2-15-12-5-3-10(4-6-12)13-11(9-14)7-8-16-13/h3-9H,2H2,1H3. The fourth-order valence-corrected chi connectivity index (χ4v) is 2.39. The molecule has 0 N–H and O–H groups in total. The Labute approximate surface area is 98.5 Å². The summed E-state index contributed by atoms with van der Waals surface area (Å²) in [6.45, 7) is 2.62. The van der Waals surface area contributed by atoms with Gasteiger partial charge in [0, 0.05) is 10.4 Å². The summed E-state index contributed by atoms with van der Waals surface area (Å²) in [6, 6.07) is 9.64. The molecule has 2 aromatic rings. The van der Waals surface area contributed by atoms with Gasteiger partial charge in [-0.3, -0.25) is 4.79 Å². The number of carbonyl (C=O) groups is 1. The van der Waals surface area contributed by atoms with Crippen LogP contribution < -0.4 is 4.74 Å². The van der Waals surface area contributed by atoms with Crippen LogP contribution in [-0.4, -0.2) is 12.9 Å². The summed E-state index contributed by atoms with van der Waals surface area (Å²) < 4.78 is 5.37. The van der Waals surface area contributed by atoms with Gasteiger partial charge >= 0.3 is 0 Å². The molecular weight excluding hydrogens is 220 g/mol. The van der Waals surface area contributed by atoms with Gasteiger partial charge in [-0.05, 0) is 48.2 Å². The largest absolute Gasteiger partial charge is 0.494 e. The van der Waals surface area contributed by atoms with Gasteiger partial charge in [0.25, 0.3) is 0 Å². The van der Waals surface area contributed by atoms with Gasteiger partial charge in [0.2, 0.25) is 0 Å². The molecule has 1 aromatic heterocycles. The average molecular weight is 232 g/mol. The molecule has 0 spiro atoms. The minimum atomic E-state index is 0.665. The highest BCUT2D eigenvalue weighted by Gasteiger charge is 2.05. The Kier molecular flexibility index (Phi) is 3.37. The van der Waals surface area contributed by atoms with Crippen LogP contribution in [0.15, 0.2) is 35.7 Å². The van der Waals surface area contributed by atoms with E-state index in [1.165, 1.54) is 0 Å². The SMILES string of the molecule is CCOc1ccc(-c2sccc2C=O)cc1. The van der Waals surface area contributed by atoms with Crippen molar-refractivity contribution in [2.75, 3.05) is 6.61 Å². The van der Waals surface area contributed by atoms with Gasteiger partial charge in [-0.15, -0.1) is 11.3 Å². The van der Waals surface area contributed by atoms with Crippen molar-refractivity contribution in [3.63, 3.8) is 0 Å². The average Bonchev–Trinajstić information content (AvgIpc) is 2.78. The number of carbonyl (C=O) groups excluding carboxylic acids is 1. The van der Waals surface area contributed by atoms with Crippen molar-refractivity contribution >= 4 is 17.6 Å². The molecule has 0 radical (unpaired) electrons. The van der Waals surface area contributed by atoms with Crippen molar-refractivity contribution in [3.8, 4) is 16.2 Å². The van der Waals surface area contributed by atoms with E-state index in [0.29, 0.717) is 6.61 Å². The summed E-state index contributed by atoms with van der Waals surface area (Å²) in [5, 5.41) is 1.93. The van der Waals surface area contributed by atoms with E-state index in [-0.39, 0.29) is 0 Å². The number of rotatable bonds is 4. The van der Waals surface area contributed by atoms with E-state index in [9.17, 15) is 4.79 Å². The summed E-state index contributed by atoms with van der Waals surface area (Å²) in [7, 11) is 0. The maximum absolute atomic E-state index is 10.8. The molecule has 0 amide bonds. The van der Waals surface area contributed by atoms with Crippen LogP contribution in [0.3, 0.4) is 0 Å². The van der Waals surface area contributed by atoms with Crippen LogP contribution in [0.5, 0.6) is 5.75 Å². The fraction of sp³-hybridized carbons (Fsp3) is 0.154. The number of hydrogen-bond acceptors (Lipinski definition) is 3. The van der Waals surface area contributed by atoms with Crippen molar-refractivity contribution in [2.45, 2.75) is 6.92 Å². The van der Waals surface area contributed by atoms with E-state index in [1.807, 2.05) is 42.6 Å². The van der Waals surface area contributed by atoms with Gasteiger partial charge in [0.1, 0.15) is 5.75 Å². The summed E-state index contributed by atoms with van der Waals surface area (Å²) in [5.74, 6) is 0.857. The Balaban J connectivity index is 2.31. The highest BCUT2D eigenvalue weighted by molar-refractivity contribution is 7.14. The number of aldehydes is 1. The van der Waals surface area contributed by atoms with Crippen molar-refractivity contribution < 1.29 is 9.53 Å². The second-order valence-electron chi connectivity index (χ2n) is 3.28. The molecule has 3 heteroatoms. The zero-order valence-corrected chi connectivity index (χ0v) is 9.79. The second kappa shape index (κ2) is 4.94. The van der Waals surface area contributed by atoms with Crippen molar-refractivity contribution in [2.24, 2.45) is 0 Å². The van der Waals surface area contributed by atoms with Gasteiger partial charge in [0.05, 0.1) is 6.61 Å². The quantitative estimate of drug-likeness (QED) is 0.752. The number of ether oxygens (including phenoxy) is 1. The third-order valence-corrected chi connectivity index (χ3v) is 3.23. The Morgan fingerprint density at radius 2 is 2.00 bits per heavy atom. The number of benzene rings is 1. The van der Waals surface area contributed by atoms with E-state index < -0.39 is 0 Å². The molecule has 0 aliphatic heterocycles. The first kappa shape index (κ1) is 10.9. The van der Waals surface area contributed by atoms with Crippen LogP contribution in [0.2, 0.25) is 0 Å². The van der Waals surface area contributed by atoms with Crippen LogP contribution in [0, 0.1) is 0 Å². The first-order valence-corrected chi connectivity index (χ1v) is 5.99. The Bertz CT molecular complexity index is 471. The molecule has 0 bridgehead atoms. The van der Waals surface area contributed by atoms with E-state index >= 15 is 0 Å². The smallest absolute Gasteiger partial charge is 0.151 e. The van der Waals surface area contributed by atoms with Crippen molar-refractivity contribution in [1.82, 2.24) is 0 Å². The molecule has 2 nitrogen and oxygen atoms in total. The van der Waals surface area contributed by atoms with Crippen LogP contribution in [0.1, 0.15) is 17.3 Å². The summed E-state index contributed by atoms with van der Waals surface area (Å²) in [5.41, 5.74) is 1.80. The summed E-state index contributed by atoms with van der Waals surface area (Å²) in [4.78, 5) is 11.8. The van der Waals surface area contributed by atoms with Crippen molar-refractivity contribution in [1.29, 1.82) is 0 Å². The Morgan fingerprint density at radius 3 is 2.62 bits per heavy atom. The van der Waals surface area contributed by atoms with Gasteiger partial charge < -0.3 is 4.74 Å². The predicted molar refractivity (Wildman–Crippen MR) is 66.3 cm³/mol. The second-order valence-corrected chi connectivity index (χ2v) is 4.20. The highest BCUT2D eigenvalue weighted by Crippen LogP contribution is 2.29. The highest BCUT2D eigenvalue weighted by atomic mass is 32.1. The first-order valence-electron chi connectivity index (χ1n) is 5.11. The topological polar surface area (TPSA) is 26.3 Å². The van der Waals surface area contributed by atoms with Crippen LogP contribution >= 0.6 is 11.3 Å². The zero-order valence-electron chi connectivity index (χ0n) is 8.97. The predicted octanol–water partition coefficient (Wildman–Crippen LogP) is 3.63. The lowest BCUT2D eigenvalue weighted by Crippen LogP contribution is -1.90. The van der Waals surface area contributed by atoms with Crippen LogP contribution in [-0.2, 0) is 0 Å². The minimum Gasteiger partial charge on any atom is -0.494 e. The van der Waals surface area contributed by atoms with E-state index in [4.69, 9.17) is 4.74 Å². The molecule has 0 saturated carbocycles. The third kappa shape index (κ3) is 2.14. The lowest BCUT2D eigenvalue weighted by molar-refractivity contribution is 0.112. The fourth-order valence-electron chi connectivity index (χ4n) is 1.52. The van der Waals surface area contributed by atoms with Gasteiger partial charge in [0.15, 0.2) is 6.29 Å². The van der Waals surface area contributed by atoms with E-state index in [0.717, 1.165) is 28.0 Å². The Hall–Kier alpha value is -1.61. The van der Waals surface area contributed by atoms with E-state index in [2.05, 4.69) is 0 Å². The zero-order chi connectivity index (χ0) is 11.4. The summed E-state index contributed by atoms with van der Waals surface area (Å²) in [6.07, 6.45) is 0.891. The molecule has 0 aliphatic rings. The molecule has 1 heterocycles. The molecule has 0 aliphatic carbocycles. The van der Waals surface area contributed by atoms with Crippen molar-refractivity contribution in [3.05, 3.63) is 41.3 Å². The number of hydrogen-bond donors (Lipinski definition) is 0. The summed E-state index contributed by atoms with van der Waals surface area (Å²) >= 11 is 1.57. The van der Waals surface area contributed by atoms with E-state index in [1.54, 1.807) is 11.3 Å². The maximum atomic E-state index is 10.8.